The van der Waals surface area contributed by atoms with Gasteiger partial charge in [-0.05, 0) is 31.9 Å². The Morgan fingerprint density at radius 2 is 2.06 bits per heavy atom. The second kappa shape index (κ2) is 6.05. The first-order valence-electron chi connectivity index (χ1n) is 6.83. The van der Waals surface area contributed by atoms with Crippen molar-refractivity contribution in [2.45, 2.75) is 45.1 Å². The zero-order valence-corrected chi connectivity index (χ0v) is 11.1. The molecular weight excluding hydrogens is 226 g/mol. The zero-order chi connectivity index (χ0) is 13.0. The minimum atomic E-state index is 0.168. The highest BCUT2D eigenvalue weighted by Crippen LogP contribution is 2.27. The Morgan fingerprint density at radius 3 is 2.67 bits per heavy atom. The summed E-state index contributed by atoms with van der Waals surface area (Å²) in [6.45, 7) is 2.75. The molecule has 0 radical (unpaired) electrons. The van der Waals surface area contributed by atoms with Gasteiger partial charge >= 0.3 is 0 Å². The summed E-state index contributed by atoms with van der Waals surface area (Å²) in [6, 6.07) is 4.39. The fourth-order valence-electron chi connectivity index (χ4n) is 2.70. The molecule has 100 valence electrons. The summed E-state index contributed by atoms with van der Waals surface area (Å²) in [5.74, 6) is 0.947. The van der Waals surface area contributed by atoms with E-state index in [-0.39, 0.29) is 6.61 Å². The smallest absolute Gasteiger partial charge is 0.129 e. The number of pyridine rings is 1. The quantitative estimate of drug-likeness (QED) is 0.858. The number of anilines is 2. The lowest BCUT2D eigenvalue weighted by atomic mass is 9.94. The molecule has 0 saturated heterocycles. The fourth-order valence-corrected chi connectivity index (χ4v) is 2.70. The van der Waals surface area contributed by atoms with Crippen LogP contribution in [0.3, 0.4) is 0 Å². The van der Waals surface area contributed by atoms with Crippen LogP contribution < -0.4 is 10.6 Å². The van der Waals surface area contributed by atoms with E-state index in [1.54, 1.807) is 0 Å². The molecule has 0 unspecified atom stereocenters. The first-order valence-corrected chi connectivity index (χ1v) is 6.83. The van der Waals surface area contributed by atoms with E-state index in [0.717, 1.165) is 17.2 Å². The van der Waals surface area contributed by atoms with Gasteiger partial charge in [0.05, 0.1) is 18.0 Å². The van der Waals surface area contributed by atoms with Gasteiger partial charge in [0, 0.05) is 12.6 Å². The van der Waals surface area contributed by atoms with Crippen LogP contribution in [0.1, 0.15) is 37.8 Å². The van der Waals surface area contributed by atoms with Crippen LogP contribution in [0.4, 0.5) is 11.5 Å². The van der Waals surface area contributed by atoms with Gasteiger partial charge in [-0.1, -0.05) is 19.3 Å². The van der Waals surface area contributed by atoms with Crippen molar-refractivity contribution in [1.29, 1.82) is 0 Å². The molecule has 4 nitrogen and oxygen atoms in total. The van der Waals surface area contributed by atoms with Crippen LogP contribution in [-0.2, 0) is 0 Å². The molecular formula is C14H23N3O. The molecule has 1 saturated carbocycles. The number of nitrogens with zero attached hydrogens (tertiary/aromatic N) is 2. The number of hydrogen-bond donors (Lipinski definition) is 2. The van der Waals surface area contributed by atoms with Crippen molar-refractivity contribution in [2.75, 3.05) is 23.8 Å². The first kappa shape index (κ1) is 13.1. The van der Waals surface area contributed by atoms with Gasteiger partial charge in [0.1, 0.15) is 5.82 Å². The largest absolute Gasteiger partial charge is 0.397 e. The molecule has 0 aliphatic heterocycles. The molecule has 1 fully saturated rings. The van der Waals surface area contributed by atoms with Gasteiger partial charge in [-0.25, -0.2) is 4.98 Å². The number of rotatable bonds is 4. The maximum absolute atomic E-state index is 9.26. The molecule has 1 aliphatic rings. The van der Waals surface area contributed by atoms with Crippen molar-refractivity contribution in [1.82, 2.24) is 4.98 Å². The zero-order valence-electron chi connectivity index (χ0n) is 11.1. The normalized spacial score (nSPS) is 16.8. The molecule has 4 heteroatoms. The summed E-state index contributed by atoms with van der Waals surface area (Å²) in [6.07, 6.45) is 6.29. The van der Waals surface area contributed by atoms with E-state index in [0.29, 0.717) is 12.6 Å². The lowest BCUT2D eigenvalue weighted by Gasteiger charge is -2.35. The standard InChI is InChI=1S/C14H23N3O/c1-11-13(15)7-8-14(16-11)17(9-10-18)12-5-3-2-4-6-12/h7-8,12,18H,2-6,9-10,15H2,1H3. The second-order valence-corrected chi connectivity index (χ2v) is 5.05. The van der Waals surface area contributed by atoms with Gasteiger partial charge in [0.2, 0.25) is 0 Å². The topological polar surface area (TPSA) is 62.4 Å². The highest BCUT2D eigenvalue weighted by atomic mass is 16.3. The van der Waals surface area contributed by atoms with E-state index in [1.165, 1.54) is 32.1 Å². The average Bonchev–Trinajstić information content (AvgIpc) is 2.40. The Hall–Kier alpha value is -1.29. The van der Waals surface area contributed by atoms with Crippen LogP contribution in [0.15, 0.2) is 12.1 Å². The summed E-state index contributed by atoms with van der Waals surface area (Å²) < 4.78 is 0. The fraction of sp³-hybridized carbons (Fsp3) is 0.643. The van der Waals surface area contributed by atoms with Crippen LogP contribution in [0.5, 0.6) is 0 Å². The Morgan fingerprint density at radius 1 is 1.33 bits per heavy atom. The summed E-state index contributed by atoms with van der Waals surface area (Å²) >= 11 is 0. The number of aromatic nitrogens is 1. The molecule has 0 atom stereocenters. The van der Waals surface area contributed by atoms with E-state index in [9.17, 15) is 5.11 Å². The second-order valence-electron chi connectivity index (χ2n) is 5.05. The summed E-state index contributed by atoms with van der Waals surface area (Å²) in [7, 11) is 0. The molecule has 0 amide bonds. The summed E-state index contributed by atoms with van der Waals surface area (Å²) in [4.78, 5) is 6.80. The number of nitrogens with two attached hydrogens (primary N) is 1. The molecule has 0 aromatic carbocycles. The van der Waals surface area contributed by atoms with Crippen molar-refractivity contribution in [3.05, 3.63) is 17.8 Å². The van der Waals surface area contributed by atoms with Gasteiger partial charge in [-0.3, -0.25) is 0 Å². The SMILES string of the molecule is Cc1nc(N(CCO)C2CCCCC2)ccc1N. The van der Waals surface area contributed by atoms with Crippen LogP contribution in [0, 0.1) is 6.92 Å². The molecule has 0 spiro atoms. The molecule has 1 aromatic heterocycles. The minimum Gasteiger partial charge on any atom is -0.397 e. The molecule has 3 N–H and O–H groups in total. The monoisotopic (exact) mass is 249 g/mol. The highest BCUT2D eigenvalue weighted by molar-refractivity contribution is 5.51. The maximum atomic E-state index is 9.26. The average molecular weight is 249 g/mol. The predicted octanol–water partition coefficient (Wildman–Crippen LogP) is 2.10. The number of nitrogen functional groups attached to an aromatic ring is 1. The molecule has 0 bridgehead atoms. The van der Waals surface area contributed by atoms with Gasteiger partial charge in [-0.2, -0.15) is 0 Å². The summed E-state index contributed by atoms with van der Waals surface area (Å²) in [5.41, 5.74) is 7.41. The number of aliphatic hydroxyl groups is 1. The van der Waals surface area contributed by atoms with E-state index >= 15 is 0 Å². The lowest BCUT2D eigenvalue weighted by Crippen LogP contribution is -2.39. The van der Waals surface area contributed by atoms with Crippen LogP contribution in [0.25, 0.3) is 0 Å². The lowest BCUT2D eigenvalue weighted by molar-refractivity contribution is 0.289. The van der Waals surface area contributed by atoms with E-state index < -0.39 is 0 Å². The minimum absolute atomic E-state index is 0.168. The Bertz CT molecular complexity index is 389. The van der Waals surface area contributed by atoms with E-state index in [4.69, 9.17) is 5.73 Å². The van der Waals surface area contributed by atoms with Gasteiger partial charge in [-0.15, -0.1) is 0 Å². The van der Waals surface area contributed by atoms with Gasteiger partial charge < -0.3 is 15.7 Å². The number of hydrogen-bond acceptors (Lipinski definition) is 4. The van der Waals surface area contributed by atoms with Crippen LogP contribution >= 0.6 is 0 Å². The van der Waals surface area contributed by atoms with E-state index in [1.807, 2.05) is 19.1 Å². The molecule has 2 rings (SSSR count). The van der Waals surface area contributed by atoms with Gasteiger partial charge in [0.15, 0.2) is 0 Å². The third kappa shape index (κ3) is 2.93. The van der Waals surface area contributed by atoms with Crippen molar-refractivity contribution in [2.24, 2.45) is 0 Å². The van der Waals surface area contributed by atoms with Crippen molar-refractivity contribution >= 4 is 11.5 Å². The molecule has 1 aromatic rings. The molecule has 1 heterocycles. The Kier molecular flexibility index (Phi) is 4.42. The Balaban J connectivity index is 2.19. The highest BCUT2D eigenvalue weighted by Gasteiger charge is 2.22. The third-order valence-electron chi connectivity index (χ3n) is 3.76. The van der Waals surface area contributed by atoms with Crippen molar-refractivity contribution < 1.29 is 5.11 Å². The van der Waals surface area contributed by atoms with Crippen LogP contribution in [-0.4, -0.2) is 29.3 Å². The Labute approximate surface area is 109 Å². The molecule has 1 aliphatic carbocycles. The third-order valence-corrected chi connectivity index (χ3v) is 3.76. The van der Waals surface area contributed by atoms with E-state index in [2.05, 4.69) is 9.88 Å². The van der Waals surface area contributed by atoms with Crippen molar-refractivity contribution in [3.8, 4) is 0 Å². The maximum Gasteiger partial charge on any atom is 0.129 e. The predicted molar refractivity (Wildman–Crippen MR) is 74.7 cm³/mol. The van der Waals surface area contributed by atoms with Gasteiger partial charge in [0.25, 0.3) is 0 Å². The number of aryl methyl sites for hydroxylation is 1. The molecule has 18 heavy (non-hydrogen) atoms. The first-order chi connectivity index (χ1) is 8.72. The summed E-state index contributed by atoms with van der Waals surface area (Å²) in [5, 5.41) is 9.26. The number of aliphatic hydroxyl groups excluding tert-OH is 1. The van der Waals surface area contributed by atoms with Crippen LogP contribution in [0.2, 0.25) is 0 Å². The van der Waals surface area contributed by atoms with Crippen molar-refractivity contribution in [3.63, 3.8) is 0 Å².